The molecule has 0 aliphatic carbocycles. The highest BCUT2D eigenvalue weighted by Gasteiger charge is 2.25. The molecule has 5 nitrogen and oxygen atoms in total. The van der Waals surface area contributed by atoms with E-state index in [0.717, 1.165) is 43.8 Å². The average molecular weight is 315 g/mol. The van der Waals surface area contributed by atoms with Gasteiger partial charge in [-0.05, 0) is 31.9 Å². The first-order valence-electron chi connectivity index (χ1n) is 8.34. The first-order chi connectivity index (χ1) is 11.1. The minimum Gasteiger partial charge on any atom is -0.469 e. The summed E-state index contributed by atoms with van der Waals surface area (Å²) >= 11 is 0. The lowest BCUT2D eigenvalue weighted by molar-refractivity contribution is -0.145. The molecular weight excluding hydrogens is 290 g/mol. The van der Waals surface area contributed by atoms with Gasteiger partial charge in [-0.1, -0.05) is 19.1 Å². The highest BCUT2D eigenvalue weighted by atomic mass is 16.5. The molecule has 124 valence electrons. The Balaban J connectivity index is 1.67. The Bertz CT molecular complexity index is 687. The first kappa shape index (κ1) is 16.0. The van der Waals surface area contributed by atoms with Crippen molar-refractivity contribution in [1.29, 1.82) is 0 Å². The van der Waals surface area contributed by atoms with Gasteiger partial charge in [-0.3, -0.25) is 4.79 Å². The maximum absolute atomic E-state index is 11.6. The Hall–Kier alpha value is -1.88. The minimum atomic E-state index is -0.122. The molecule has 0 N–H and O–H groups in total. The Labute approximate surface area is 137 Å². The van der Waals surface area contributed by atoms with Crippen LogP contribution < -0.4 is 0 Å². The van der Waals surface area contributed by atoms with Gasteiger partial charge in [0, 0.05) is 25.7 Å². The van der Waals surface area contributed by atoms with E-state index >= 15 is 0 Å². The number of hydrogen-bond acceptors (Lipinski definition) is 4. The second-order valence-electron chi connectivity index (χ2n) is 6.47. The van der Waals surface area contributed by atoms with Gasteiger partial charge in [-0.2, -0.15) is 0 Å². The third kappa shape index (κ3) is 3.24. The fraction of sp³-hybridized carbons (Fsp3) is 0.556. The maximum atomic E-state index is 11.6. The van der Waals surface area contributed by atoms with E-state index in [4.69, 9.17) is 4.74 Å². The molecule has 0 unspecified atom stereocenters. The van der Waals surface area contributed by atoms with E-state index in [0.29, 0.717) is 6.04 Å². The second-order valence-corrected chi connectivity index (χ2v) is 6.47. The monoisotopic (exact) mass is 315 g/mol. The van der Waals surface area contributed by atoms with Crippen LogP contribution in [-0.4, -0.2) is 47.2 Å². The molecule has 0 bridgehead atoms. The molecule has 1 aromatic carbocycles. The number of nitrogens with zero attached hydrogens (tertiary/aromatic N) is 3. The predicted molar refractivity (Wildman–Crippen MR) is 90.4 cm³/mol. The van der Waals surface area contributed by atoms with E-state index in [1.165, 1.54) is 12.6 Å². The second kappa shape index (κ2) is 6.71. The summed E-state index contributed by atoms with van der Waals surface area (Å²) in [5.41, 5.74) is 2.30. The van der Waals surface area contributed by atoms with Crippen molar-refractivity contribution in [3.05, 3.63) is 30.1 Å². The number of piperidine rings is 1. The largest absolute Gasteiger partial charge is 0.469 e. The summed E-state index contributed by atoms with van der Waals surface area (Å²) in [5.74, 6) is 0.906. The molecule has 0 amide bonds. The quantitative estimate of drug-likeness (QED) is 0.814. The number of fused-ring (bicyclic) bond motifs is 1. The SMILES string of the molecule is COC(=O)[C@@H](C)CN1CCC(n2c(C)nc3ccccc32)CC1. The summed E-state index contributed by atoms with van der Waals surface area (Å²) in [4.78, 5) is 18.6. The number of hydrogen-bond donors (Lipinski definition) is 0. The number of imidazole rings is 1. The van der Waals surface area contributed by atoms with E-state index in [1.807, 2.05) is 13.0 Å². The Morgan fingerprint density at radius 3 is 2.74 bits per heavy atom. The molecular formula is C18H25N3O2. The zero-order valence-corrected chi connectivity index (χ0v) is 14.2. The molecule has 1 saturated heterocycles. The van der Waals surface area contributed by atoms with Crippen LogP contribution in [0.2, 0.25) is 0 Å². The third-order valence-corrected chi connectivity index (χ3v) is 4.83. The van der Waals surface area contributed by atoms with E-state index in [-0.39, 0.29) is 11.9 Å². The third-order valence-electron chi connectivity index (χ3n) is 4.83. The van der Waals surface area contributed by atoms with Crippen LogP contribution in [0.1, 0.15) is 31.6 Å². The van der Waals surface area contributed by atoms with Crippen molar-refractivity contribution >= 4 is 17.0 Å². The fourth-order valence-electron chi connectivity index (χ4n) is 3.65. The van der Waals surface area contributed by atoms with Gasteiger partial charge in [0.15, 0.2) is 0 Å². The van der Waals surface area contributed by atoms with E-state index in [2.05, 4.69) is 39.6 Å². The minimum absolute atomic E-state index is 0.0626. The first-order valence-corrected chi connectivity index (χ1v) is 8.34. The average Bonchev–Trinajstić information content (AvgIpc) is 2.90. The molecule has 3 rings (SSSR count). The van der Waals surface area contributed by atoms with Crippen molar-refractivity contribution in [3.8, 4) is 0 Å². The predicted octanol–water partition coefficient (Wildman–Crippen LogP) is 2.79. The van der Waals surface area contributed by atoms with Gasteiger partial charge in [-0.15, -0.1) is 0 Å². The molecule has 1 aliphatic rings. The number of esters is 1. The number of ether oxygens (including phenoxy) is 1. The number of para-hydroxylation sites is 2. The van der Waals surface area contributed by atoms with Crippen molar-refractivity contribution in [3.63, 3.8) is 0 Å². The summed E-state index contributed by atoms with van der Waals surface area (Å²) in [6.07, 6.45) is 2.18. The zero-order chi connectivity index (χ0) is 16.4. The van der Waals surface area contributed by atoms with Gasteiger partial charge in [-0.25, -0.2) is 4.98 Å². The van der Waals surface area contributed by atoms with Crippen LogP contribution in [-0.2, 0) is 9.53 Å². The topological polar surface area (TPSA) is 47.4 Å². The van der Waals surface area contributed by atoms with Crippen molar-refractivity contribution in [2.45, 2.75) is 32.7 Å². The Morgan fingerprint density at radius 1 is 1.35 bits per heavy atom. The molecule has 5 heteroatoms. The lowest BCUT2D eigenvalue weighted by Crippen LogP contribution is -2.39. The van der Waals surface area contributed by atoms with Crippen molar-refractivity contribution < 1.29 is 9.53 Å². The molecule has 2 heterocycles. The number of benzene rings is 1. The Kier molecular flexibility index (Phi) is 4.66. The number of rotatable bonds is 4. The fourth-order valence-corrected chi connectivity index (χ4v) is 3.65. The van der Waals surface area contributed by atoms with Crippen LogP contribution in [0, 0.1) is 12.8 Å². The highest BCUT2D eigenvalue weighted by molar-refractivity contribution is 5.76. The normalized spacial score (nSPS) is 18.2. The van der Waals surface area contributed by atoms with E-state index in [1.54, 1.807) is 0 Å². The van der Waals surface area contributed by atoms with E-state index in [9.17, 15) is 4.79 Å². The summed E-state index contributed by atoms with van der Waals surface area (Å²) in [5, 5.41) is 0. The maximum Gasteiger partial charge on any atom is 0.309 e. The van der Waals surface area contributed by atoms with Crippen molar-refractivity contribution in [2.24, 2.45) is 5.92 Å². The standard InChI is InChI=1S/C18H25N3O2/c1-13(18(22)23-3)12-20-10-8-15(9-11-20)21-14(2)19-16-6-4-5-7-17(16)21/h4-7,13,15H,8-12H2,1-3H3/t13-/m0/s1. The van der Waals surface area contributed by atoms with Crippen LogP contribution in [0.4, 0.5) is 0 Å². The van der Waals surface area contributed by atoms with Gasteiger partial charge >= 0.3 is 5.97 Å². The molecule has 0 spiro atoms. The highest BCUT2D eigenvalue weighted by Crippen LogP contribution is 2.28. The van der Waals surface area contributed by atoms with Crippen LogP contribution in [0.15, 0.2) is 24.3 Å². The van der Waals surface area contributed by atoms with Gasteiger partial charge < -0.3 is 14.2 Å². The number of aryl methyl sites for hydroxylation is 1. The lowest BCUT2D eigenvalue weighted by atomic mass is 10.0. The van der Waals surface area contributed by atoms with Crippen LogP contribution in [0.3, 0.4) is 0 Å². The molecule has 1 atom stereocenters. The summed E-state index contributed by atoms with van der Waals surface area (Å²) in [6.45, 7) is 6.83. The Morgan fingerprint density at radius 2 is 2.04 bits per heavy atom. The molecule has 0 radical (unpaired) electrons. The molecule has 23 heavy (non-hydrogen) atoms. The van der Waals surface area contributed by atoms with Gasteiger partial charge in [0.25, 0.3) is 0 Å². The number of likely N-dealkylation sites (tertiary alicyclic amines) is 1. The smallest absolute Gasteiger partial charge is 0.309 e. The van der Waals surface area contributed by atoms with Crippen molar-refractivity contribution in [2.75, 3.05) is 26.7 Å². The van der Waals surface area contributed by atoms with Crippen LogP contribution >= 0.6 is 0 Å². The molecule has 1 aliphatic heterocycles. The summed E-state index contributed by atoms with van der Waals surface area (Å²) < 4.78 is 7.20. The van der Waals surface area contributed by atoms with Crippen molar-refractivity contribution in [1.82, 2.24) is 14.5 Å². The molecule has 1 fully saturated rings. The zero-order valence-electron chi connectivity index (χ0n) is 14.2. The van der Waals surface area contributed by atoms with Gasteiger partial charge in [0.2, 0.25) is 0 Å². The lowest BCUT2D eigenvalue weighted by Gasteiger charge is -2.34. The van der Waals surface area contributed by atoms with Crippen LogP contribution in [0.25, 0.3) is 11.0 Å². The van der Waals surface area contributed by atoms with Gasteiger partial charge in [0.05, 0.1) is 24.1 Å². The summed E-state index contributed by atoms with van der Waals surface area (Å²) in [6, 6.07) is 8.84. The van der Waals surface area contributed by atoms with Crippen LogP contribution in [0.5, 0.6) is 0 Å². The number of carbonyl (C=O) groups excluding carboxylic acids is 1. The van der Waals surface area contributed by atoms with Gasteiger partial charge in [0.1, 0.15) is 5.82 Å². The number of carbonyl (C=O) groups is 1. The van der Waals surface area contributed by atoms with E-state index < -0.39 is 0 Å². The molecule has 1 aromatic heterocycles. The molecule has 2 aromatic rings. The number of aromatic nitrogens is 2. The molecule has 0 saturated carbocycles. The summed E-state index contributed by atoms with van der Waals surface area (Å²) in [7, 11) is 1.46. The number of methoxy groups -OCH3 is 1.